The van der Waals surface area contributed by atoms with Gasteiger partial charge >= 0.3 is 0 Å². The minimum absolute atomic E-state index is 0.0856. The van der Waals surface area contributed by atoms with Gasteiger partial charge in [-0.1, -0.05) is 30.7 Å². The predicted molar refractivity (Wildman–Crippen MR) is 131 cm³/mol. The molecule has 2 amide bonds. The topological polar surface area (TPSA) is 145 Å². The molecule has 2 aromatic carbocycles. The first-order chi connectivity index (χ1) is 17.5. The second-order valence-corrected chi connectivity index (χ2v) is 8.95. The van der Waals surface area contributed by atoms with Gasteiger partial charge in [0.25, 0.3) is 0 Å². The van der Waals surface area contributed by atoms with Crippen molar-refractivity contribution in [2.24, 2.45) is 25.9 Å². The quantitative estimate of drug-likeness (QED) is 0.423. The summed E-state index contributed by atoms with van der Waals surface area (Å²) in [5, 5.41) is 29.1. The van der Waals surface area contributed by atoms with E-state index in [0.717, 1.165) is 30.4 Å². The molecular weight excluding hydrogens is 460 g/mol. The molecule has 36 heavy (non-hydrogen) atoms. The highest BCUT2D eigenvalue weighted by molar-refractivity contribution is 5.96. The number of carbonyl (C=O) groups excluding carboxylic acids is 2. The van der Waals surface area contributed by atoms with Crippen LogP contribution in [0, 0.1) is 11.8 Å². The van der Waals surface area contributed by atoms with Crippen LogP contribution < -0.4 is 10.6 Å². The first-order valence-electron chi connectivity index (χ1n) is 11.8. The molecule has 0 saturated heterocycles. The van der Waals surface area contributed by atoms with E-state index in [-0.39, 0.29) is 23.7 Å². The highest BCUT2D eigenvalue weighted by Crippen LogP contribution is 2.32. The number of carbonyl (C=O) groups is 2. The van der Waals surface area contributed by atoms with Crippen molar-refractivity contribution < 1.29 is 9.59 Å². The highest BCUT2D eigenvalue weighted by atomic mass is 16.2. The molecular formula is C24H26N10O2. The van der Waals surface area contributed by atoms with Crippen LogP contribution in [0.2, 0.25) is 0 Å². The summed E-state index contributed by atoms with van der Waals surface area (Å²) in [6.07, 6.45) is 2.80. The number of rotatable bonds is 6. The maximum atomic E-state index is 13.1. The number of nitrogens with zero attached hydrogens (tertiary/aromatic N) is 8. The smallest absolute Gasteiger partial charge is 0.227 e. The predicted octanol–water partition coefficient (Wildman–Crippen LogP) is 2.45. The molecule has 12 heteroatoms. The molecule has 2 atom stereocenters. The Morgan fingerprint density at radius 3 is 1.67 bits per heavy atom. The van der Waals surface area contributed by atoms with Gasteiger partial charge in [-0.05, 0) is 64.4 Å². The zero-order valence-electron chi connectivity index (χ0n) is 20.0. The lowest BCUT2D eigenvalue weighted by Gasteiger charge is -2.27. The first kappa shape index (κ1) is 23.3. The van der Waals surface area contributed by atoms with Crippen LogP contribution in [0.5, 0.6) is 0 Å². The van der Waals surface area contributed by atoms with Crippen LogP contribution in [0.4, 0.5) is 11.4 Å². The van der Waals surface area contributed by atoms with E-state index in [1.54, 1.807) is 23.5 Å². The molecule has 1 saturated carbocycles. The van der Waals surface area contributed by atoms with Crippen molar-refractivity contribution in [3.63, 3.8) is 0 Å². The second-order valence-electron chi connectivity index (χ2n) is 8.95. The zero-order chi connectivity index (χ0) is 25.1. The summed E-state index contributed by atoms with van der Waals surface area (Å²) in [4.78, 5) is 26.1. The maximum absolute atomic E-state index is 13.1. The zero-order valence-corrected chi connectivity index (χ0v) is 20.0. The Kier molecular flexibility index (Phi) is 6.48. The van der Waals surface area contributed by atoms with Crippen LogP contribution in [0.1, 0.15) is 25.7 Å². The molecule has 2 aromatic heterocycles. The van der Waals surface area contributed by atoms with Gasteiger partial charge in [0.2, 0.25) is 11.8 Å². The molecule has 0 radical (unpaired) electrons. The fraction of sp³-hybridized carbons (Fsp3) is 0.333. The van der Waals surface area contributed by atoms with E-state index in [0.29, 0.717) is 29.4 Å². The average Bonchev–Trinajstić information content (AvgIpc) is 3.52. The van der Waals surface area contributed by atoms with Crippen molar-refractivity contribution in [3.05, 3.63) is 48.5 Å². The Labute approximate surface area is 207 Å². The van der Waals surface area contributed by atoms with E-state index in [1.165, 1.54) is 0 Å². The molecule has 0 aliphatic heterocycles. The van der Waals surface area contributed by atoms with Crippen LogP contribution in [0.25, 0.3) is 22.8 Å². The van der Waals surface area contributed by atoms with Crippen LogP contribution >= 0.6 is 0 Å². The number of hydrogen-bond donors (Lipinski definition) is 2. The molecule has 2 unspecified atom stereocenters. The number of nitrogens with one attached hydrogen (secondary N) is 2. The maximum Gasteiger partial charge on any atom is 0.227 e. The molecule has 5 rings (SSSR count). The number of aromatic nitrogens is 8. The van der Waals surface area contributed by atoms with Gasteiger partial charge in [0.05, 0.1) is 0 Å². The lowest BCUT2D eigenvalue weighted by Crippen LogP contribution is -2.33. The standard InChI is InChI=1S/C24H26N10O2/c1-33-21(27-29-31-33)15-6-4-10-19(13-15)25-23(35)17-8-3-9-18(12-17)24(36)26-20-11-5-7-16(14-20)22-28-30-32-34(22)2/h4-7,10-11,13-14,17-18H,3,8-9,12H2,1-2H3,(H,25,35)(H,26,36). The number of tetrazole rings is 2. The van der Waals surface area contributed by atoms with Crippen molar-refractivity contribution >= 4 is 23.2 Å². The fourth-order valence-corrected chi connectivity index (χ4v) is 4.57. The van der Waals surface area contributed by atoms with Crippen LogP contribution in [-0.2, 0) is 23.7 Å². The molecule has 12 nitrogen and oxygen atoms in total. The molecule has 1 aliphatic carbocycles. The van der Waals surface area contributed by atoms with E-state index in [4.69, 9.17) is 0 Å². The molecule has 0 bridgehead atoms. The fourth-order valence-electron chi connectivity index (χ4n) is 4.57. The summed E-state index contributed by atoms with van der Waals surface area (Å²) >= 11 is 0. The lowest BCUT2D eigenvalue weighted by atomic mass is 9.80. The van der Waals surface area contributed by atoms with Gasteiger partial charge in [0, 0.05) is 48.4 Å². The monoisotopic (exact) mass is 486 g/mol. The molecule has 4 aromatic rings. The third kappa shape index (κ3) is 4.97. The number of aryl methyl sites for hydroxylation is 2. The summed E-state index contributed by atoms with van der Waals surface area (Å²) in [5.74, 6) is 0.562. The minimum Gasteiger partial charge on any atom is -0.326 e. The average molecular weight is 487 g/mol. The SMILES string of the molecule is Cn1nnnc1-c1cccc(NC(=O)C2CCCC(C(=O)Nc3cccc(-c4nnnn4C)c3)C2)c1. The van der Waals surface area contributed by atoms with E-state index in [9.17, 15) is 9.59 Å². The summed E-state index contributed by atoms with van der Waals surface area (Å²) in [5.41, 5.74) is 2.95. The van der Waals surface area contributed by atoms with E-state index >= 15 is 0 Å². The van der Waals surface area contributed by atoms with Crippen LogP contribution in [0.3, 0.4) is 0 Å². The lowest BCUT2D eigenvalue weighted by molar-refractivity contribution is -0.124. The Morgan fingerprint density at radius 2 is 1.25 bits per heavy atom. The summed E-state index contributed by atoms with van der Waals surface area (Å²) < 4.78 is 3.15. The molecule has 1 fully saturated rings. The summed E-state index contributed by atoms with van der Waals surface area (Å²) in [6, 6.07) is 14.8. The Morgan fingerprint density at radius 1 is 0.778 bits per heavy atom. The third-order valence-electron chi connectivity index (χ3n) is 6.43. The number of anilines is 2. The van der Waals surface area contributed by atoms with Gasteiger partial charge in [0.15, 0.2) is 11.6 Å². The summed E-state index contributed by atoms with van der Waals surface area (Å²) in [7, 11) is 3.52. The molecule has 2 heterocycles. The molecule has 1 aliphatic rings. The van der Waals surface area contributed by atoms with Crippen molar-refractivity contribution in [3.8, 4) is 22.8 Å². The van der Waals surface area contributed by atoms with Crippen molar-refractivity contribution in [2.75, 3.05) is 10.6 Å². The van der Waals surface area contributed by atoms with E-state index < -0.39 is 0 Å². The van der Waals surface area contributed by atoms with Gasteiger partial charge in [-0.2, -0.15) is 0 Å². The van der Waals surface area contributed by atoms with Crippen molar-refractivity contribution in [1.82, 2.24) is 40.4 Å². The largest absolute Gasteiger partial charge is 0.326 e. The normalized spacial score (nSPS) is 17.5. The Hall–Kier alpha value is -4.48. The van der Waals surface area contributed by atoms with Crippen LogP contribution in [0.15, 0.2) is 48.5 Å². The van der Waals surface area contributed by atoms with Gasteiger partial charge in [-0.15, -0.1) is 10.2 Å². The van der Waals surface area contributed by atoms with Crippen LogP contribution in [-0.4, -0.2) is 52.2 Å². The summed E-state index contributed by atoms with van der Waals surface area (Å²) in [6.45, 7) is 0. The van der Waals surface area contributed by atoms with Gasteiger partial charge < -0.3 is 10.6 Å². The van der Waals surface area contributed by atoms with Gasteiger partial charge in [-0.25, -0.2) is 9.36 Å². The van der Waals surface area contributed by atoms with Gasteiger partial charge in [0.1, 0.15) is 0 Å². The second kappa shape index (κ2) is 10.0. The Bertz CT molecular complexity index is 1290. The minimum atomic E-state index is -0.245. The molecule has 184 valence electrons. The number of benzene rings is 2. The van der Waals surface area contributed by atoms with Crippen molar-refractivity contribution in [2.45, 2.75) is 25.7 Å². The van der Waals surface area contributed by atoms with E-state index in [2.05, 4.69) is 41.7 Å². The third-order valence-corrected chi connectivity index (χ3v) is 6.43. The highest BCUT2D eigenvalue weighted by Gasteiger charge is 2.31. The molecule has 2 N–H and O–H groups in total. The number of hydrogen-bond acceptors (Lipinski definition) is 8. The number of amides is 2. The van der Waals surface area contributed by atoms with E-state index in [1.807, 2.05) is 48.5 Å². The van der Waals surface area contributed by atoms with Crippen molar-refractivity contribution in [1.29, 1.82) is 0 Å². The Balaban J connectivity index is 1.22. The first-order valence-corrected chi connectivity index (χ1v) is 11.8. The molecule has 0 spiro atoms. The van der Waals surface area contributed by atoms with Gasteiger partial charge in [-0.3, -0.25) is 9.59 Å².